The van der Waals surface area contributed by atoms with Gasteiger partial charge >= 0.3 is 0 Å². The number of rotatable bonds is 4. The Morgan fingerprint density at radius 1 is 1.00 bits per heavy atom. The van der Waals surface area contributed by atoms with Gasteiger partial charge in [0, 0.05) is 11.1 Å². The normalized spacial score (nSPS) is 12.1. The van der Waals surface area contributed by atoms with Crippen LogP contribution in [0.15, 0.2) is 34.8 Å². The lowest BCUT2D eigenvalue weighted by Crippen LogP contribution is -2.06. The minimum Gasteiger partial charge on any atom is -0.497 e. The van der Waals surface area contributed by atoms with Crippen LogP contribution in [0.1, 0.15) is 17.2 Å². The first kappa shape index (κ1) is 15.7. The number of hydrogen-bond acceptors (Lipinski definition) is 3. The van der Waals surface area contributed by atoms with E-state index >= 15 is 0 Å². The van der Waals surface area contributed by atoms with E-state index in [1.165, 1.54) is 20.3 Å². The maximum absolute atomic E-state index is 14.0. The molecule has 0 heterocycles. The molecule has 0 aromatic heterocycles. The molecule has 0 fully saturated rings. The predicted molar refractivity (Wildman–Crippen MR) is 77.7 cm³/mol. The zero-order chi connectivity index (χ0) is 15.6. The Morgan fingerprint density at radius 3 is 2.33 bits per heavy atom. The molecule has 1 N–H and O–H groups in total. The van der Waals surface area contributed by atoms with E-state index in [1.807, 2.05) is 0 Å². The second-order valence-electron chi connectivity index (χ2n) is 4.30. The van der Waals surface area contributed by atoms with Crippen LogP contribution in [0, 0.1) is 11.6 Å². The van der Waals surface area contributed by atoms with Crippen molar-refractivity contribution in [1.82, 2.24) is 0 Å². The van der Waals surface area contributed by atoms with E-state index in [-0.39, 0.29) is 15.6 Å². The van der Waals surface area contributed by atoms with Crippen LogP contribution in [0.3, 0.4) is 0 Å². The number of benzene rings is 2. The summed E-state index contributed by atoms with van der Waals surface area (Å²) in [5.41, 5.74) is 0.111. The molecule has 0 amide bonds. The van der Waals surface area contributed by atoms with Crippen molar-refractivity contribution in [1.29, 1.82) is 0 Å². The van der Waals surface area contributed by atoms with Gasteiger partial charge in [-0.25, -0.2) is 8.78 Å². The third-order valence-corrected chi connectivity index (χ3v) is 3.67. The van der Waals surface area contributed by atoms with Gasteiger partial charge in [0.2, 0.25) is 0 Å². The van der Waals surface area contributed by atoms with E-state index in [2.05, 4.69) is 15.9 Å². The maximum atomic E-state index is 14.0. The molecule has 0 radical (unpaired) electrons. The van der Waals surface area contributed by atoms with Crippen molar-refractivity contribution in [2.75, 3.05) is 14.2 Å². The van der Waals surface area contributed by atoms with Gasteiger partial charge < -0.3 is 14.6 Å². The molecule has 2 aromatic rings. The third kappa shape index (κ3) is 3.16. The smallest absolute Gasteiger partial charge is 0.137 e. The van der Waals surface area contributed by atoms with E-state index in [4.69, 9.17) is 9.47 Å². The number of ether oxygens (including phenoxy) is 2. The van der Waals surface area contributed by atoms with Gasteiger partial charge in [0.15, 0.2) is 0 Å². The largest absolute Gasteiger partial charge is 0.497 e. The van der Waals surface area contributed by atoms with Gasteiger partial charge in [-0.3, -0.25) is 0 Å². The summed E-state index contributed by atoms with van der Waals surface area (Å²) in [5, 5.41) is 10.4. The van der Waals surface area contributed by atoms with E-state index in [1.54, 1.807) is 12.1 Å². The van der Waals surface area contributed by atoms with Crippen molar-refractivity contribution in [3.05, 3.63) is 57.6 Å². The Labute approximate surface area is 129 Å². The molecule has 3 nitrogen and oxygen atoms in total. The van der Waals surface area contributed by atoms with Gasteiger partial charge in [0.05, 0.1) is 18.7 Å². The van der Waals surface area contributed by atoms with Gasteiger partial charge in [-0.15, -0.1) is 0 Å². The summed E-state index contributed by atoms with van der Waals surface area (Å²) in [6.07, 6.45) is -1.38. The van der Waals surface area contributed by atoms with Gasteiger partial charge in [-0.1, -0.05) is 0 Å². The summed E-state index contributed by atoms with van der Waals surface area (Å²) in [7, 11) is 2.90. The fraction of sp³-hybridized carbons (Fsp3) is 0.200. The molecular formula is C15H13BrF2O3. The van der Waals surface area contributed by atoms with Crippen molar-refractivity contribution >= 4 is 15.9 Å². The molecule has 0 saturated heterocycles. The number of aliphatic hydroxyl groups excluding tert-OH is 1. The Morgan fingerprint density at radius 2 is 1.71 bits per heavy atom. The number of hydrogen-bond donors (Lipinski definition) is 1. The highest BCUT2D eigenvalue weighted by atomic mass is 79.9. The Balaban J connectivity index is 2.53. The lowest BCUT2D eigenvalue weighted by atomic mass is 9.99. The first-order valence-electron chi connectivity index (χ1n) is 6.02. The topological polar surface area (TPSA) is 38.7 Å². The molecule has 0 spiro atoms. The maximum Gasteiger partial charge on any atom is 0.137 e. The van der Waals surface area contributed by atoms with Crippen molar-refractivity contribution in [3.63, 3.8) is 0 Å². The minimum atomic E-state index is -1.38. The summed E-state index contributed by atoms with van der Waals surface area (Å²) in [6.45, 7) is 0. The lowest BCUT2D eigenvalue weighted by molar-refractivity contribution is 0.208. The van der Waals surface area contributed by atoms with Crippen LogP contribution in [0.5, 0.6) is 11.5 Å². The highest BCUT2D eigenvalue weighted by Gasteiger charge is 2.21. The molecule has 6 heteroatoms. The summed E-state index contributed by atoms with van der Waals surface area (Å²) < 4.78 is 37.7. The minimum absolute atomic E-state index is 0.00597. The van der Waals surface area contributed by atoms with Gasteiger partial charge in [-0.2, -0.15) is 0 Å². The summed E-state index contributed by atoms with van der Waals surface area (Å²) in [4.78, 5) is 0. The van der Waals surface area contributed by atoms with Crippen LogP contribution in [0.2, 0.25) is 0 Å². The molecule has 0 aliphatic heterocycles. The van der Waals surface area contributed by atoms with Crippen LogP contribution in [0.25, 0.3) is 0 Å². The molecule has 0 aliphatic carbocycles. The number of halogens is 3. The molecule has 2 aromatic carbocycles. The quantitative estimate of drug-likeness (QED) is 0.844. The predicted octanol–water partition coefficient (Wildman–Crippen LogP) is 3.83. The van der Waals surface area contributed by atoms with Crippen LogP contribution in [-0.4, -0.2) is 19.3 Å². The Hall–Kier alpha value is -1.66. The zero-order valence-electron chi connectivity index (χ0n) is 11.4. The first-order valence-corrected chi connectivity index (χ1v) is 6.81. The van der Waals surface area contributed by atoms with Crippen LogP contribution in [-0.2, 0) is 0 Å². The molecule has 21 heavy (non-hydrogen) atoms. The average molecular weight is 359 g/mol. The van der Waals surface area contributed by atoms with Crippen molar-refractivity contribution in [3.8, 4) is 11.5 Å². The van der Waals surface area contributed by atoms with E-state index in [0.717, 1.165) is 12.1 Å². The van der Waals surface area contributed by atoms with Crippen molar-refractivity contribution in [2.24, 2.45) is 0 Å². The zero-order valence-corrected chi connectivity index (χ0v) is 12.9. The SMILES string of the molecule is COc1ccc(OC)c(C(O)c2cc(F)c(Br)cc2F)c1. The molecule has 0 saturated carbocycles. The van der Waals surface area contributed by atoms with Crippen LogP contribution < -0.4 is 9.47 Å². The fourth-order valence-corrected chi connectivity index (χ4v) is 2.28. The second kappa shape index (κ2) is 6.41. The highest BCUT2D eigenvalue weighted by Crippen LogP contribution is 2.35. The summed E-state index contributed by atoms with van der Waals surface area (Å²) in [6, 6.07) is 6.67. The van der Waals surface area contributed by atoms with Gasteiger partial charge in [0.1, 0.15) is 29.2 Å². The highest BCUT2D eigenvalue weighted by molar-refractivity contribution is 9.10. The van der Waals surface area contributed by atoms with Crippen molar-refractivity contribution < 1.29 is 23.4 Å². The third-order valence-electron chi connectivity index (χ3n) is 3.07. The number of methoxy groups -OCH3 is 2. The Kier molecular flexibility index (Phi) is 4.80. The van der Waals surface area contributed by atoms with Crippen molar-refractivity contribution in [2.45, 2.75) is 6.10 Å². The lowest BCUT2D eigenvalue weighted by Gasteiger charge is -2.17. The van der Waals surface area contributed by atoms with Gasteiger partial charge in [-0.05, 0) is 46.3 Å². The monoisotopic (exact) mass is 358 g/mol. The van der Waals surface area contributed by atoms with Crippen LogP contribution in [0.4, 0.5) is 8.78 Å². The van der Waals surface area contributed by atoms with E-state index in [0.29, 0.717) is 11.5 Å². The number of aliphatic hydroxyl groups is 1. The van der Waals surface area contributed by atoms with E-state index < -0.39 is 17.7 Å². The summed E-state index contributed by atoms with van der Waals surface area (Å²) >= 11 is 2.90. The molecule has 112 valence electrons. The standard InChI is InChI=1S/C15H13BrF2O3/c1-20-8-3-4-14(21-2)10(5-8)15(19)9-6-13(18)11(16)7-12(9)17/h3-7,15,19H,1-2H3. The second-order valence-corrected chi connectivity index (χ2v) is 5.15. The molecule has 0 bridgehead atoms. The molecule has 2 rings (SSSR count). The molecular weight excluding hydrogens is 346 g/mol. The van der Waals surface area contributed by atoms with E-state index in [9.17, 15) is 13.9 Å². The Bertz CT molecular complexity index is 662. The molecule has 1 atom stereocenters. The fourth-order valence-electron chi connectivity index (χ4n) is 1.97. The first-order chi connectivity index (χ1) is 9.97. The summed E-state index contributed by atoms with van der Waals surface area (Å²) in [5.74, 6) is -0.554. The molecule has 1 unspecified atom stereocenters. The average Bonchev–Trinajstić information content (AvgIpc) is 2.49. The van der Waals surface area contributed by atoms with Crippen LogP contribution >= 0.6 is 15.9 Å². The van der Waals surface area contributed by atoms with Gasteiger partial charge in [0.25, 0.3) is 0 Å². The molecule has 0 aliphatic rings.